The number of hydrogen-bond donors (Lipinski definition) is 0. The zero-order valence-electron chi connectivity index (χ0n) is 6.40. The van der Waals surface area contributed by atoms with Crippen LogP contribution in [-0.4, -0.2) is 0 Å². The molecule has 0 atom stereocenters. The summed E-state index contributed by atoms with van der Waals surface area (Å²) >= 11 is 3.76. The molecule has 0 spiro atoms. The highest BCUT2D eigenvalue weighted by Gasteiger charge is 2.06. The Hall–Kier alpha value is -0.160. The molecule has 0 amide bonds. The molecule has 12 heavy (non-hydrogen) atoms. The van der Waals surface area contributed by atoms with Crippen LogP contribution >= 0.6 is 33.9 Å². The molecular weight excluding hydrogens is 286 g/mol. The molecule has 0 nitrogen and oxygen atoms in total. The lowest BCUT2D eigenvalue weighted by molar-refractivity contribution is 0.638. The fraction of sp³-hybridized carbons (Fsp3) is 0.111. The molecule has 2 rings (SSSR count). The Bertz CT molecular complexity index is 433. The fourth-order valence-electron chi connectivity index (χ4n) is 1.21. The average molecular weight is 292 g/mol. The van der Waals surface area contributed by atoms with Crippen molar-refractivity contribution in [1.29, 1.82) is 0 Å². The minimum absolute atomic E-state index is 0.101. The topological polar surface area (TPSA) is 0 Å². The van der Waals surface area contributed by atoms with Gasteiger partial charge in [-0.25, -0.2) is 4.39 Å². The van der Waals surface area contributed by atoms with Gasteiger partial charge in [-0.2, -0.15) is 0 Å². The number of benzene rings is 1. The van der Waals surface area contributed by atoms with Gasteiger partial charge in [-0.1, -0.05) is 0 Å². The Morgan fingerprint density at radius 2 is 2.17 bits per heavy atom. The monoisotopic (exact) mass is 292 g/mol. The van der Waals surface area contributed by atoms with E-state index in [1.807, 2.05) is 18.4 Å². The molecule has 1 aromatic heterocycles. The fourth-order valence-corrected chi connectivity index (χ4v) is 3.25. The smallest absolute Gasteiger partial charge is 0.133 e. The van der Waals surface area contributed by atoms with Gasteiger partial charge in [0.1, 0.15) is 5.82 Å². The molecule has 0 radical (unpaired) electrons. The second-order valence-electron chi connectivity index (χ2n) is 2.70. The standard InChI is InChI=1S/C9H6FIS/c1-5-2-6(10)9-7(11)4-12-8(9)3-5/h2-4H,1H3. The molecule has 62 valence electrons. The van der Waals surface area contributed by atoms with Gasteiger partial charge in [0, 0.05) is 19.0 Å². The van der Waals surface area contributed by atoms with Crippen molar-refractivity contribution in [3.05, 3.63) is 32.5 Å². The van der Waals surface area contributed by atoms with E-state index in [0.717, 1.165) is 19.2 Å². The van der Waals surface area contributed by atoms with Gasteiger partial charge in [-0.15, -0.1) is 11.3 Å². The Labute approximate surface area is 87.5 Å². The Morgan fingerprint density at radius 3 is 2.92 bits per heavy atom. The van der Waals surface area contributed by atoms with E-state index in [4.69, 9.17) is 0 Å². The van der Waals surface area contributed by atoms with Crippen LogP contribution in [0.1, 0.15) is 5.56 Å². The first-order chi connectivity index (χ1) is 5.68. The maximum atomic E-state index is 13.3. The van der Waals surface area contributed by atoms with Crippen molar-refractivity contribution >= 4 is 44.0 Å². The number of aryl methyl sites for hydroxylation is 1. The highest BCUT2D eigenvalue weighted by atomic mass is 127. The zero-order valence-corrected chi connectivity index (χ0v) is 9.37. The van der Waals surface area contributed by atoms with E-state index in [1.54, 1.807) is 17.4 Å². The van der Waals surface area contributed by atoms with Gasteiger partial charge >= 0.3 is 0 Å². The van der Waals surface area contributed by atoms with Crippen molar-refractivity contribution in [1.82, 2.24) is 0 Å². The summed E-state index contributed by atoms with van der Waals surface area (Å²) < 4.78 is 15.4. The second kappa shape index (κ2) is 2.96. The van der Waals surface area contributed by atoms with Gasteiger partial charge in [0.15, 0.2) is 0 Å². The predicted octanol–water partition coefficient (Wildman–Crippen LogP) is 3.95. The van der Waals surface area contributed by atoms with Crippen molar-refractivity contribution in [3.8, 4) is 0 Å². The van der Waals surface area contributed by atoms with Crippen LogP contribution in [0.4, 0.5) is 4.39 Å². The van der Waals surface area contributed by atoms with Crippen LogP contribution in [0.2, 0.25) is 0 Å². The molecule has 3 heteroatoms. The maximum Gasteiger partial charge on any atom is 0.133 e. The van der Waals surface area contributed by atoms with E-state index in [0.29, 0.717) is 0 Å². The predicted molar refractivity (Wildman–Crippen MR) is 59.2 cm³/mol. The van der Waals surface area contributed by atoms with E-state index in [9.17, 15) is 4.39 Å². The summed E-state index contributed by atoms with van der Waals surface area (Å²) in [5.74, 6) is -0.101. The first kappa shape index (κ1) is 8.44. The molecule has 0 unspecified atom stereocenters. The van der Waals surface area contributed by atoms with E-state index < -0.39 is 0 Å². The molecule has 1 aromatic carbocycles. The number of halogens is 2. The molecule has 0 bridgehead atoms. The third-order valence-corrected chi connectivity index (χ3v) is 3.93. The Morgan fingerprint density at radius 1 is 1.42 bits per heavy atom. The van der Waals surface area contributed by atoms with Crippen LogP contribution in [0.25, 0.3) is 10.1 Å². The van der Waals surface area contributed by atoms with Gasteiger partial charge in [0.25, 0.3) is 0 Å². The molecule has 0 N–H and O–H groups in total. The van der Waals surface area contributed by atoms with Crippen molar-refractivity contribution in [3.63, 3.8) is 0 Å². The van der Waals surface area contributed by atoms with Gasteiger partial charge in [-0.3, -0.25) is 0 Å². The first-order valence-corrected chi connectivity index (χ1v) is 5.47. The molecule has 0 aliphatic heterocycles. The minimum Gasteiger partial charge on any atom is -0.206 e. The lowest BCUT2D eigenvalue weighted by atomic mass is 10.2. The molecule has 0 saturated carbocycles. The van der Waals surface area contributed by atoms with E-state index in [1.165, 1.54) is 0 Å². The lowest BCUT2D eigenvalue weighted by Gasteiger charge is -1.95. The lowest BCUT2D eigenvalue weighted by Crippen LogP contribution is -1.79. The minimum atomic E-state index is -0.101. The SMILES string of the molecule is Cc1cc(F)c2c(I)csc2c1. The van der Waals surface area contributed by atoms with Crippen LogP contribution < -0.4 is 0 Å². The van der Waals surface area contributed by atoms with E-state index >= 15 is 0 Å². The second-order valence-corrected chi connectivity index (χ2v) is 4.78. The number of hydrogen-bond acceptors (Lipinski definition) is 1. The third-order valence-electron chi connectivity index (χ3n) is 1.73. The van der Waals surface area contributed by atoms with Crippen LogP contribution in [0.3, 0.4) is 0 Å². The van der Waals surface area contributed by atoms with E-state index in [2.05, 4.69) is 22.6 Å². The van der Waals surface area contributed by atoms with Crippen molar-refractivity contribution in [2.24, 2.45) is 0 Å². The van der Waals surface area contributed by atoms with Gasteiger partial charge in [0.05, 0.1) is 0 Å². The Kier molecular flexibility index (Phi) is 2.08. The van der Waals surface area contributed by atoms with Crippen molar-refractivity contribution in [2.45, 2.75) is 6.92 Å². The average Bonchev–Trinajstić information content (AvgIpc) is 2.31. The van der Waals surface area contributed by atoms with Gasteiger partial charge in [-0.05, 0) is 47.2 Å². The van der Waals surface area contributed by atoms with Crippen LogP contribution in [0.15, 0.2) is 17.5 Å². The number of thiophene rings is 1. The summed E-state index contributed by atoms with van der Waals surface area (Å²) in [5.41, 5.74) is 0.984. The maximum absolute atomic E-state index is 13.3. The third kappa shape index (κ3) is 1.25. The number of rotatable bonds is 0. The van der Waals surface area contributed by atoms with E-state index in [-0.39, 0.29) is 5.82 Å². The molecular formula is C9H6FIS. The normalized spacial score (nSPS) is 10.9. The molecule has 0 saturated heterocycles. The van der Waals surface area contributed by atoms with Crippen molar-refractivity contribution < 1.29 is 4.39 Å². The summed E-state index contributed by atoms with van der Waals surface area (Å²) in [4.78, 5) is 0. The first-order valence-electron chi connectivity index (χ1n) is 3.51. The van der Waals surface area contributed by atoms with Gasteiger partial charge < -0.3 is 0 Å². The van der Waals surface area contributed by atoms with Crippen LogP contribution in [-0.2, 0) is 0 Å². The summed E-state index contributed by atoms with van der Waals surface area (Å²) in [6.07, 6.45) is 0. The largest absolute Gasteiger partial charge is 0.206 e. The molecule has 0 fully saturated rings. The molecule has 2 aromatic rings. The quantitative estimate of drug-likeness (QED) is 0.645. The summed E-state index contributed by atoms with van der Waals surface area (Å²) in [6.45, 7) is 1.91. The highest BCUT2D eigenvalue weighted by Crippen LogP contribution is 2.30. The van der Waals surface area contributed by atoms with Crippen LogP contribution in [0, 0.1) is 16.3 Å². The summed E-state index contributed by atoms with van der Waals surface area (Å²) in [7, 11) is 0. The highest BCUT2D eigenvalue weighted by molar-refractivity contribution is 14.1. The number of fused-ring (bicyclic) bond motifs is 1. The molecule has 1 heterocycles. The zero-order chi connectivity index (χ0) is 8.72. The van der Waals surface area contributed by atoms with Crippen LogP contribution in [0.5, 0.6) is 0 Å². The summed E-state index contributed by atoms with van der Waals surface area (Å²) in [6, 6.07) is 3.60. The molecule has 0 aliphatic carbocycles. The summed E-state index contributed by atoms with van der Waals surface area (Å²) in [5, 5.41) is 2.75. The molecule has 0 aliphatic rings. The van der Waals surface area contributed by atoms with Gasteiger partial charge in [0.2, 0.25) is 0 Å². The Balaban J connectivity index is 2.93. The van der Waals surface area contributed by atoms with Crippen molar-refractivity contribution in [2.75, 3.05) is 0 Å².